The number of hydrogen-bond acceptors (Lipinski definition) is 5. The molecule has 1 N–H and O–H groups in total. The van der Waals surface area contributed by atoms with Gasteiger partial charge in [0.1, 0.15) is 0 Å². The van der Waals surface area contributed by atoms with Crippen LogP contribution in [0.1, 0.15) is 12.7 Å². The number of rotatable bonds is 4. The first-order valence-corrected chi connectivity index (χ1v) is 3.79. The van der Waals surface area contributed by atoms with Crippen LogP contribution in [0.3, 0.4) is 0 Å². The van der Waals surface area contributed by atoms with Crippen molar-refractivity contribution < 1.29 is 9.26 Å². The molecule has 0 bridgehead atoms. The molecule has 0 saturated carbocycles. The molecule has 5 nitrogen and oxygen atoms in total. The summed E-state index contributed by atoms with van der Waals surface area (Å²) < 4.78 is 9.89. The van der Waals surface area contributed by atoms with Crippen molar-refractivity contribution in [3.05, 3.63) is 5.82 Å². The molecule has 0 aliphatic heterocycles. The Morgan fingerprint density at radius 1 is 1.67 bits per heavy atom. The van der Waals surface area contributed by atoms with Gasteiger partial charge in [0, 0.05) is 20.6 Å². The molecule has 5 heteroatoms. The van der Waals surface area contributed by atoms with Gasteiger partial charge in [-0.25, -0.2) is 0 Å². The molecule has 12 heavy (non-hydrogen) atoms. The van der Waals surface area contributed by atoms with Crippen molar-refractivity contribution in [2.45, 2.75) is 19.4 Å². The third kappa shape index (κ3) is 2.20. The maximum atomic E-state index is 5.05. The highest BCUT2D eigenvalue weighted by atomic mass is 16.5. The third-order valence-electron chi connectivity index (χ3n) is 1.55. The molecular weight excluding hydrogens is 158 g/mol. The molecule has 0 aromatic carbocycles. The molecule has 0 amide bonds. The van der Waals surface area contributed by atoms with Crippen LogP contribution >= 0.6 is 0 Å². The predicted octanol–water partition coefficient (Wildman–Crippen LogP) is 0.689. The van der Waals surface area contributed by atoms with Crippen LogP contribution in [-0.4, -0.2) is 30.4 Å². The van der Waals surface area contributed by atoms with Gasteiger partial charge in [-0.05, 0) is 6.92 Å². The van der Waals surface area contributed by atoms with E-state index in [1.807, 2.05) is 6.92 Å². The lowest BCUT2D eigenvalue weighted by molar-refractivity contribution is 0.116. The zero-order chi connectivity index (χ0) is 8.97. The summed E-state index contributed by atoms with van der Waals surface area (Å²) in [7, 11) is 3.39. The van der Waals surface area contributed by atoms with Gasteiger partial charge in [0.25, 0.3) is 0 Å². The average molecular weight is 171 g/mol. The van der Waals surface area contributed by atoms with Crippen LogP contribution in [-0.2, 0) is 11.2 Å². The second-order valence-corrected chi connectivity index (χ2v) is 2.52. The van der Waals surface area contributed by atoms with E-state index in [2.05, 4.69) is 15.5 Å². The lowest BCUT2D eigenvalue weighted by atomic mass is 10.3. The van der Waals surface area contributed by atoms with Gasteiger partial charge < -0.3 is 14.6 Å². The van der Waals surface area contributed by atoms with Crippen LogP contribution in [0.25, 0.3) is 0 Å². The predicted molar refractivity (Wildman–Crippen MR) is 44.0 cm³/mol. The number of methoxy groups -OCH3 is 1. The van der Waals surface area contributed by atoms with Crippen LogP contribution in [0.2, 0.25) is 0 Å². The van der Waals surface area contributed by atoms with Crippen LogP contribution in [0.15, 0.2) is 4.52 Å². The molecule has 0 fully saturated rings. The first-order chi connectivity index (χ1) is 5.76. The SMILES string of the molecule is CNc1nc(CC(C)OC)no1. The fraction of sp³-hybridized carbons (Fsp3) is 0.714. The Labute approximate surface area is 71.1 Å². The van der Waals surface area contributed by atoms with Crippen LogP contribution < -0.4 is 5.32 Å². The lowest BCUT2D eigenvalue weighted by Crippen LogP contribution is -2.09. The standard InChI is InChI=1S/C7H13N3O2/c1-5(11-3)4-6-9-7(8-2)12-10-6/h5H,4H2,1-3H3,(H,8,9,10). The Morgan fingerprint density at radius 2 is 2.42 bits per heavy atom. The summed E-state index contributed by atoms with van der Waals surface area (Å²) in [4.78, 5) is 4.05. The summed E-state index contributed by atoms with van der Waals surface area (Å²) in [5.41, 5.74) is 0. The molecule has 68 valence electrons. The molecular formula is C7H13N3O2. The van der Waals surface area contributed by atoms with E-state index in [-0.39, 0.29) is 6.10 Å². The van der Waals surface area contributed by atoms with Gasteiger partial charge in [-0.15, -0.1) is 0 Å². The minimum Gasteiger partial charge on any atom is -0.381 e. The summed E-state index contributed by atoms with van der Waals surface area (Å²) >= 11 is 0. The molecule has 1 atom stereocenters. The summed E-state index contributed by atoms with van der Waals surface area (Å²) in [5, 5.41) is 6.50. The zero-order valence-electron chi connectivity index (χ0n) is 7.50. The summed E-state index contributed by atoms with van der Waals surface area (Å²) in [6.07, 6.45) is 0.786. The largest absolute Gasteiger partial charge is 0.381 e. The lowest BCUT2D eigenvalue weighted by Gasteiger charge is -2.03. The first-order valence-electron chi connectivity index (χ1n) is 3.79. The highest BCUT2D eigenvalue weighted by Crippen LogP contribution is 2.05. The topological polar surface area (TPSA) is 60.2 Å². The second kappa shape index (κ2) is 4.06. The second-order valence-electron chi connectivity index (χ2n) is 2.52. The Balaban J connectivity index is 2.52. The van der Waals surface area contributed by atoms with E-state index in [9.17, 15) is 0 Å². The van der Waals surface area contributed by atoms with Gasteiger partial charge in [0.05, 0.1) is 6.10 Å². The Bertz CT molecular complexity index is 236. The normalized spacial score (nSPS) is 12.9. The Hall–Kier alpha value is -1.10. The quantitative estimate of drug-likeness (QED) is 0.722. The molecule has 1 heterocycles. The number of hydrogen-bond donors (Lipinski definition) is 1. The minimum atomic E-state index is 0.118. The van der Waals surface area contributed by atoms with E-state index in [4.69, 9.17) is 9.26 Å². The van der Waals surface area contributed by atoms with E-state index in [0.29, 0.717) is 18.3 Å². The van der Waals surface area contributed by atoms with Crippen molar-refractivity contribution >= 4 is 6.01 Å². The maximum Gasteiger partial charge on any atom is 0.321 e. The highest BCUT2D eigenvalue weighted by Gasteiger charge is 2.08. The molecule has 0 saturated heterocycles. The Kier molecular flexibility index (Phi) is 3.04. The van der Waals surface area contributed by atoms with Crippen molar-refractivity contribution in [1.82, 2.24) is 10.1 Å². The zero-order valence-corrected chi connectivity index (χ0v) is 7.50. The van der Waals surface area contributed by atoms with Crippen molar-refractivity contribution in [3.63, 3.8) is 0 Å². The van der Waals surface area contributed by atoms with Crippen LogP contribution in [0.5, 0.6) is 0 Å². The van der Waals surface area contributed by atoms with Crippen molar-refractivity contribution in [2.24, 2.45) is 0 Å². The molecule has 0 aliphatic rings. The van der Waals surface area contributed by atoms with E-state index >= 15 is 0 Å². The molecule has 0 spiro atoms. The first kappa shape index (κ1) is 8.99. The van der Waals surface area contributed by atoms with Crippen molar-refractivity contribution in [1.29, 1.82) is 0 Å². The average Bonchev–Trinajstić information content (AvgIpc) is 2.52. The van der Waals surface area contributed by atoms with Gasteiger partial charge in [-0.3, -0.25) is 0 Å². The summed E-state index contributed by atoms with van der Waals surface area (Å²) in [5.74, 6) is 0.661. The maximum absolute atomic E-state index is 5.05. The monoisotopic (exact) mass is 171 g/mol. The number of nitrogens with zero attached hydrogens (tertiary/aromatic N) is 2. The highest BCUT2D eigenvalue weighted by molar-refractivity contribution is 5.15. The van der Waals surface area contributed by atoms with Gasteiger partial charge >= 0.3 is 6.01 Å². The fourth-order valence-corrected chi connectivity index (χ4v) is 0.779. The van der Waals surface area contributed by atoms with Gasteiger partial charge in [-0.2, -0.15) is 4.98 Å². The molecule has 1 aromatic rings. The van der Waals surface area contributed by atoms with E-state index in [1.54, 1.807) is 14.2 Å². The van der Waals surface area contributed by atoms with E-state index < -0.39 is 0 Å². The number of anilines is 1. The van der Waals surface area contributed by atoms with Gasteiger partial charge in [-0.1, -0.05) is 5.16 Å². The summed E-state index contributed by atoms with van der Waals surface area (Å²) in [6, 6.07) is 0.438. The van der Waals surface area contributed by atoms with Crippen molar-refractivity contribution in [2.75, 3.05) is 19.5 Å². The Morgan fingerprint density at radius 3 is 2.92 bits per heavy atom. The third-order valence-corrected chi connectivity index (χ3v) is 1.55. The van der Waals surface area contributed by atoms with E-state index in [1.165, 1.54) is 0 Å². The fourth-order valence-electron chi connectivity index (χ4n) is 0.779. The number of aromatic nitrogens is 2. The summed E-state index contributed by atoms with van der Waals surface area (Å²) in [6.45, 7) is 1.95. The van der Waals surface area contributed by atoms with Crippen LogP contribution in [0, 0.1) is 0 Å². The molecule has 1 aromatic heterocycles. The van der Waals surface area contributed by atoms with E-state index in [0.717, 1.165) is 0 Å². The van der Waals surface area contributed by atoms with Crippen LogP contribution in [0.4, 0.5) is 6.01 Å². The smallest absolute Gasteiger partial charge is 0.321 e. The molecule has 0 aliphatic carbocycles. The van der Waals surface area contributed by atoms with Gasteiger partial charge in [0.2, 0.25) is 0 Å². The minimum absolute atomic E-state index is 0.118. The number of ether oxygens (including phenoxy) is 1. The molecule has 1 unspecified atom stereocenters. The van der Waals surface area contributed by atoms with Crippen molar-refractivity contribution in [3.8, 4) is 0 Å². The van der Waals surface area contributed by atoms with Gasteiger partial charge in [0.15, 0.2) is 5.82 Å². The molecule has 1 rings (SSSR count). The molecule has 0 radical (unpaired) electrons. The number of nitrogens with one attached hydrogen (secondary N) is 1.